The molecule has 2 N–H and O–H groups in total. The number of alkyl halides is 3. The number of ether oxygens (including phenoxy) is 1. The average Bonchev–Trinajstić information content (AvgIpc) is 2.71. The monoisotopic (exact) mass is 427 g/mol. The Bertz CT molecular complexity index is 745. The van der Waals surface area contributed by atoms with E-state index in [1.165, 1.54) is 38.5 Å². The van der Waals surface area contributed by atoms with Gasteiger partial charge in [-0.1, -0.05) is 0 Å². The summed E-state index contributed by atoms with van der Waals surface area (Å²) < 4.78 is 42.3. The van der Waals surface area contributed by atoms with Crippen molar-refractivity contribution < 1.29 is 22.8 Å². The van der Waals surface area contributed by atoms with Gasteiger partial charge in [-0.2, -0.15) is 28.1 Å². The Morgan fingerprint density at radius 1 is 1.03 bits per heavy atom. The second-order valence-electron chi connectivity index (χ2n) is 9.68. The number of halogens is 3. The molecule has 0 radical (unpaired) electrons. The molecular weight excluding hydrogens is 397 g/mol. The van der Waals surface area contributed by atoms with Gasteiger partial charge in [0.05, 0.1) is 31.7 Å². The Morgan fingerprint density at radius 3 is 2.17 bits per heavy atom. The standard InChI is InChI=1S/C20H29F3N6O/c1-24-16-25-17(27-18(26-16)30-12-20(21,22)23)28-2-4-29(5-3-28)19-9-13-6-14(10-19)8-15(7-13)11-19/h13-15H,2-12H2,1H3,(H,24,25,26,27)/p+1. The van der Waals surface area contributed by atoms with Gasteiger partial charge in [-0.25, -0.2) is 0 Å². The number of anilines is 2. The van der Waals surface area contributed by atoms with Crippen molar-refractivity contribution in [1.29, 1.82) is 0 Å². The molecule has 1 aliphatic heterocycles. The van der Waals surface area contributed by atoms with Crippen molar-refractivity contribution in [2.24, 2.45) is 17.8 Å². The summed E-state index contributed by atoms with van der Waals surface area (Å²) in [7, 11) is 1.63. The van der Waals surface area contributed by atoms with Crippen LogP contribution >= 0.6 is 0 Å². The molecule has 30 heavy (non-hydrogen) atoms. The van der Waals surface area contributed by atoms with Crippen LogP contribution in [-0.4, -0.2) is 66.5 Å². The number of nitrogens with one attached hydrogen (secondary N) is 2. The molecule has 1 aromatic rings. The normalized spacial score (nSPS) is 33.7. The molecule has 0 atom stereocenters. The molecule has 0 amide bonds. The highest BCUT2D eigenvalue weighted by atomic mass is 19.4. The van der Waals surface area contributed by atoms with Gasteiger partial charge < -0.3 is 19.9 Å². The predicted octanol–water partition coefficient (Wildman–Crippen LogP) is 1.53. The lowest BCUT2D eigenvalue weighted by molar-refractivity contribution is -0.959. The topological polar surface area (TPSA) is 67.6 Å². The molecule has 0 aromatic carbocycles. The lowest BCUT2D eigenvalue weighted by Crippen LogP contribution is -3.23. The van der Waals surface area contributed by atoms with Crippen molar-refractivity contribution in [3.8, 4) is 6.01 Å². The molecule has 5 aliphatic rings. The molecule has 1 saturated heterocycles. The van der Waals surface area contributed by atoms with Crippen molar-refractivity contribution >= 4 is 11.9 Å². The molecule has 4 bridgehead atoms. The SMILES string of the molecule is CNc1nc(OCC(F)(F)F)nc(N2CC[NH+](C34CC5CC(CC(C5)C3)C4)CC2)n1. The van der Waals surface area contributed by atoms with E-state index < -0.39 is 12.8 Å². The number of nitrogens with zero attached hydrogens (tertiary/aromatic N) is 4. The number of hydrogen-bond donors (Lipinski definition) is 2. The van der Waals surface area contributed by atoms with E-state index in [2.05, 4.69) is 20.3 Å². The summed E-state index contributed by atoms with van der Waals surface area (Å²) >= 11 is 0. The van der Waals surface area contributed by atoms with Gasteiger partial charge in [-0.05, 0) is 37.0 Å². The smallest absolute Gasteiger partial charge is 0.422 e. The van der Waals surface area contributed by atoms with Crippen LogP contribution in [0.3, 0.4) is 0 Å². The van der Waals surface area contributed by atoms with E-state index in [-0.39, 0.29) is 12.0 Å². The fourth-order valence-corrected chi connectivity index (χ4v) is 6.86. The first-order valence-electron chi connectivity index (χ1n) is 11.1. The molecule has 5 fully saturated rings. The lowest BCUT2D eigenvalue weighted by atomic mass is 9.52. The zero-order valence-electron chi connectivity index (χ0n) is 17.3. The van der Waals surface area contributed by atoms with Crippen LogP contribution in [-0.2, 0) is 0 Å². The number of rotatable bonds is 5. The molecule has 4 saturated carbocycles. The quantitative estimate of drug-likeness (QED) is 0.743. The summed E-state index contributed by atoms with van der Waals surface area (Å²) in [6.45, 7) is 2.21. The van der Waals surface area contributed by atoms with Crippen LogP contribution in [0.5, 0.6) is 6.01 Å². The minimum Gasteiger partial charge on any atom is -0.454 e. The third kappa shape index (κ3) is 3.90. The van der Waals surface area contributed by atoms with Gasteiger partial charge in [-0.15, -0.1) is 0 Å². The number of aromatic nitrogens is 3. The number of piperazine rings is 1. The summed E-state index contributed by atoms with van der Waals surface area (Å²) in [6.07, 6.45) is 4.02. The highest BCUT2D eigenvalue weighted by Crippen LogP contribution is 2.54. The van der Waals surface area contributed by atoms with Crippen LogP contribution in [0.2, 0.25) is 0 Å². The number of hydrogen-bond acceptors (Lipinski definition) is 6. The zero-order chi connectivity index (χ0) is 20.9. The Balaban J connectivity index is 1.26. The van der Waals surface area contributed by atoms with Crippen LogP contribution in [0.15, 0.2) is 0 Å². The molecule has 4 aliphatic carbocycles. The second-order valence-corrected chi connectivity index (χ2v) is 9.68. The van der Waals surface area contributed by atoms with Gasteiger partial charge in [-0.3, -0.25) is 0 Å². The minimum absolute atomic E-state index is 0.216. The molecule has 10 heteroatoms. The Labute approximate surface area is 174 Å². The molecule has 0 spiro atoms. The van der Waals surface area contributed by atoms with Gasteiger partial charge in [0, 0.05) is 26.3 Å². The van der Waals surface area contributed by atoms with Crippen LogP contribution in [0, 0.1) is 17.8 Å². The van der Waals surface area contributed by atoms with Crippen LogP contribution in [0.1, 0.15) is 38.5 Å². The predicted molar refractivity (Wildman–Crippen MR) is 105 cm³/mol. The summed E-state index contributed by atoms with van der Waals surface area (Å²) in [5.74, 6) is 3.38. The van der Waals surface area contributed by atoms with Crippen LogP contribution < -0.4 is 19.9 Å². The van der Waals surface area contributed by atoms with Crippen molar-refractivity contribution in [2.45, 2.75) is 50.2 Å². The van der Waals surface area contributed by atoms with Crippen molar-refractivity contribution in [1.82, 2.24) is 15.0 Å². The first-order valence-corrected chi connectivity index (χ1v) is 11.1. The van der Waals surface area contributed by atoms with E-state index in [9.17, 15) is 13.2 Å². The van der Waals surface area contributed by atoms with Crippen molar-refractivity contribution in [3.63, 3.8) is 0 Å². The van der Waals surface area contributed by atoms with E-state index in [0.29, 0.717) is 11.5 Å². The van der Waals surface area contributed by atoms with E-state index in [1.807, 2.05) is 4.90 Å². The lowest BCUT2D eigenvalue weighted by Gasteiger charge is -2.59. The molecule has 1 aromatic heterocycles. The van der Waals surface area contributed by atoms with Gasteiger partial charge in [0.1, 0.15) is 0 Å². The van der Waals surface area contributed by atoms with E-state index in [1.54, 1.807) is 11.9 Å². The van der Waals surface area contributed by atoms with Gasteiger partial charge in [0.15, 0.2) is 6.61 Å². The van der Waals surface area contributed by atoms with E-state index in [4.69, 9.17) is 4.74 Å². The fraction of sp³-hybridized carbons (Fsp3) is 0.850. The second kappa shape index (κ2) is 7.39. The van der Waals surface area contributed by atoms with Gasteiger partial charge in [0.2, 0.25) is 11.9 Å². The maximum absolute atomic E-state index is 12.5. The van der Waals surface area contributed by atoms with Gasteiger partial charge in [0.25, 0.3) is 0 Å². The maximum atomic E-state index is 12.5. The van der Waals surface area contributed by atoms with Gasteiger partial charge >= 0.3 is 12.2 Å². The van der Waals surface area contributed by atoms with Crippen molar-refractivity contribution in [2.75, 3.05) is 50.1 Å². The third-order valence-corrected chi connectivity index (χ3v) is 7.63. The molecule has 6 rings (SSSR count). The number of quaternary nitrogens is 1. The van der Waals surface area contributed by atoms with E-state index in [0.717, 1.165) is 43.9 Å². The highest BCUT2D eigenvalue weighted by molar-refractivity contribution is 5.38. The average molecular weight is 427 g/mol. The summed E-state index contributed by atoms with van der Waals surface area (Å²) in [6, 6.07) is -0.294. The Hall–Kier alpha value is -1.84. The van der Waals surface area contributed by atoms with E-state index >= 15 is 0 Å². The Morgan fingerprint density at radius 2 is 1.63 bits per heavy atom. The largest absolute Gasteiger partial charge is 0.454 e. The fourth-order valence-electron chi connectivity index (χ4n) is 6.86. The van der Waals surface area contributed by atoms with Crippen LogP contribution in [0.25, 0.3) is 0 Å². The molecular formula is C20H30F3N6O+. The molecule has 2 heterocycles. The zero-order valence-corrected chi connectivity index (χ0v) is 17.3. The third-order valence-electron chi connectivity index (χ3n) is 7.63. The highest BCUT2D eigenvalue weighted by Gasteiger charge is 2.56. The summed E-state index contributed by atoms with van der Waals surface area (Å²) in [5, 5.41) is 2.79. The summed E-state index contributed by atoms with van der Waals surface area (Å²) in [5.41, 5.74) is 0.455. The minimum atomic E-state index is -4.43. The molecule has 0 unspecified atom stereocenters. The molecule has 7 nitrogen and oxygen atoms in total. The Kier molecular flexibility index (Phi) is 4.95. The van der Waals surface area contributed by atoms with Crippen LogP contribution in [0.4, 0.5) is 25.1 Å². The molecule has 166 valence electrons. The maximum Gasteiger partial charge on any atom is 0.422 e. The first-order chi connectivity index (χ1) is 14.3. The van der Waals surface area contributed by atoms with Crippen molar-refractivity contribution in [3.05, 3.63) is 0 Å². The summed E-state index contributed by atoms with van der Waals surface area (Å²) in [4.78, 5) is 16.2. The first kappa shape index (κ1) is 20.1.